The van der Waals surface area contributed by atoms with Crippen molar-refractivity contribution in [3.8, 4) is 0 Å². The minimum absolute atomic E-state index is 0.0368. The summed E-state index contributed by atoms with van der Waals surface area (Å²) < 4.78 is 27.7. The lowest BCUT2D eigenvalue weighted by atomic mass is 9.96. The van der Waals surface area contributed by atoms with Crippen LogP contribution in [0.2, 0.25) is 5.02 Å². The van der Waals surface area contributed by atoms with E-state index < -0.39 is 10.0 Å². The number of benzene rings is 3. The topological polar surface area (TPSA) is 66.5 Å². The Morgan fingerprint density at radius 3 is 2.32 bits per heavy atom. The van der Waals surface area contributed by atoms with Crippen LogP contribution in [-0.2, 0) is 14.8 Å². The Bertz CT molecular complexity index is 1190. The molecule has 1 N–H and O–H groups in total. The van der Waals surface area contributed by atoms with E-state index in [4.69, 9.17) is 11.6 Å². The first-order chi connectivity index (χ1) is 14.8. The van der Waals surface area contributed by atoms with Gasteiger partial charge in [-0.15, -0.1) is 0 Å². The molecule has 5 nitrogen and oxygen atoms in total. The van der Waals surface area contributed by atoms with E-state index in [-0.39, 0.29) is 17.9 Å². The van der Waals surface area contributed by atoms with Gasteiger partial charge in [0.1, 0.15) is 0 Å². The van der Waals surface area contributed by atoms with Crippen LogP contribution in [0.15, 0.2) is 71.6 Å². The predicted molar refractivity (Wildman–Crippen MR) is 123 cm³/mol. The third-order valence-corrected chi connectivity index (χ3v) is 8.06. The molecule has 1 unspecified atom stereocenters. The Morgan fingerprint density at radius 1 is 1.00 bits per heavy atom. The maximum absolute atomic E-state index is 13.1. The van der Waals surface area contributed by atoms with Crippen LogP contribution in [0.4, 0.5) is 0 Å². The molecule has 1 saturated heterocycles. The number of carbonyl (C=O) groups excluding carboxylic acids is 1. The van der Waals surface area contributed by atoms with Crippen molar-refractivity contribution in [3.63, 3.8) is 0 Å². The van der Waals surface area contributed by atoms with Gasteiger partial charge in [-0.2, -0.15) is 4.31 Å². The highest BCUT2D eigenvalue weighted by molar-refractivity contribution is 7.89. The first-order valence-electron chi connectivity index (χ1n) is 10.4. The number of amides is 1. The molecule has 7 heteroatoms. The SMILES string of the molecule is CC(NC(=O)C1CCN(S(=O)(=O)c2ccc3ccccc3c2)CC1)c1ccc(Cl)cc1. The van der Waals surface area contributed by atoms with Crippen LogP contribution in [0, 0.1) is 5.92 Å². The fraction of sp³-hybridized carbons (Fsp3) is 0.292. The maximum Gasteiger partial charge on any atom is 0.243 e. The Morgan fingerprint density at radius 2 is 1.65 bits per heavy atom. The van der Waals surface area contributed by atoms with Crippen LogP contribution in [-0.4, -0.2) is 31.7 Å². The van der Waals surface area contributed by atoms with Crippen molar-refractivity contribution in [2.45, 2.75) is 30.7 Å². The molecule has 0 aromatic heterocycles. The third kappa shape index (κ3) is 4.76. The lowest BCUT2D eigenvalue weighted by Gasteiger charge is -2.31. The van der Waals surface area contributed by atoms with Crippen molar-refractivity contribution in [1.82, 2.24) is 9.62 Å². The number of hydrogen-bond donors (Lipinski definition) is 1. The number of piperidine rings is 1. The average molecular weight is 457 g/mol. The lowest BCUT2D eigenvalue weighted by molar-refractivity contribution is -0.126. The zero-order valence-corrected chi connectivity index (χ0v) is 18.9. The molecule has 1 aliphatic heterocycles. The molecule has 1 atom stereocenters. The number of carbonyl (C=O) groups is 1. The van der Waals surface area contributed by atoms with Crippen molar-refractivity contribution >= 4 is 38.3 Å². The van der Waals surface area contributed by atoms with Gasteiger partial charge in [0.05, 0.1) is 10.9 Å². The molecule has 1 heterocycles. The van der Waals surface area contributed by atoms with Crippen molar-refractivity contribution in [2.75, 3.05) is 13.1 Å². The second-order valence-electron chi connectivity index (χ2n) is 7.97. The highest BCUT2D eigenvalue weighted by Gasteiger charge is 2.32. The number of hydrogen-bond acceptors (Lipinski definition) is 3. The van der Waals surface area contributed by atoms with Crippen LogP contribution in [0.1, 0.15) is 31.4 Å². The number of rotatable bonds is 5. The van der Waals surface area contributed by atoms with Crippen LogP contribution < -0.4 is 5.32 Å². The Kier molecular flexibility index (Phi) is 6.32. The summed E-state index contributed by atoms with van der Waals surface area (Å²) in [5, 5.41) is 5.60. The van der Waals surface area contributed by atoms with Gasteiger partial charge in [-0.3, -0.25) is 4.79 Å². The number of fused-ring (bicyclic) bond motifs is 1. The standard InChI is InChI=1S/C24H25ClN2O3S/c1-17(18-6-9-22(25)10-7-18)26-24(28)20-12-14-27(15-13-20)31(29,30)23-11-8-19-4-2-3-5-21(19)16-23/h2-11,16-17,20H,12-15H2,1H3,(H,26,28). The largest absolute Gasteiger partial charge is 0.349 e. The molecule has 0 spiro atoms. The minimum Gasteiger partial charge on any atom is -0.349 e. The zero-order valence-electron chi connectivity index (χ0n) is 17.3. The summed E-state index contributed by atoms with van der Waals surface area (Å²) in [6, 6.07) is 20.2. The monoisotopic (exact) mass is 456 g/mol. The first kappa shape index (κ1) is 21.8. The van der Waals surface area contributed by atoms with E-state index in [2.05, 4.69) is 5.32 Å². The van der Waals surface area contributed by atoms with E-state index in [0.717, 1.165) is 16.3 Å². The highest BCUT2D eigenvalue weighted by atomic mass is 35.5. The lowest BCUT2D eigenvalue weighted by Crippen LogP contribution is -2.43. The summed E-state index contributed by atoms with van der Waals surface area (Å²) in [6.07, 6.45) is 1.01. The Labute approximate surface area is 188 Å². The molecular weight excluding hydrogens is 432 g/mol. The molecule has 1 fully saturated rings. The number of nitrogens with zero attached hydrogens (tertiary/aromatic N) is 1. The summed E-state index contributed by atoms with van der Waals surface area (Å²) in [6.45, 7) is 2.60. The van der Waals surface area contributed by atoms with Gasteiger partial charge < -0.3 is 5.32 Å². The first-order valence-corrected chi connectivity index (χ1v) is 12.2. The van der Waals surface area contributed by atoms with E-state index in [0.29, 0.717) is 35.8 Å². The second-order valence-corrected chi connectivity index (χ2v) is 10.3. The zero-order chi connectivity index (χ0) is 22.0. The van der Waals surface area contributed by atoms with E-state index in [9.17, 15) is 13.2 Å². The van der Waals surface area contributed by atoms with Crippen molar-refractivity contribution in [3.05, 3.63) is 77.3 Å². The molecule has 0 bridgehead atoms. The summed E-state index contributed by atoms with van der Waals surface area (Å²) in [7, 11) is -3.58. The highest BCUT2D eigenvalue weighted by Crippen LogP contribution is 2.27. The van der Waals surface area contributed by atoms with Gasteiger partial charge in [-0.1, -0.05) is 54.1 Å². The van der Waals surface area contributed by atoms with Crippen LogP contribution >= 0.6 is 11.6 Å². The van der Waals surface area contributed by atoms with Gasteiger partial charge in [0.2, 0.25) is 15.9 Å². The van der Waals surface area contributed by atoms with Gasteiger partial charge in [0.15, 0.2) is 0 Å². The van der Waals surface area contributed by atoms with Gasteiger partial charge in [-0.05, 0) is 60.4 Å². The molecular formula is C24H25ClN2O3S. The van der Waals surface area contributed by atoms with E-state index in [1.165, 1.54) is 4.31 Å². The Hall–Kier alpha value is -2.41. The molecule has 0 saturated carbocycles. The average Bonchev–Trinajstić information content (AvgIpc) is 2.79. The van der Waals surface area contributed by atoms with Crippen LogP contribution in [0.3, 0.4) is 0 Å². The fourth-order valence-electron chi connectivity index (χ4n) is 4.00. The van der Waals surface area contributed by atoms with E-state index in [1.807, 2.05) is 49.4 Å². The van der Waals surface area contributed by atoms with Gasteiger partial charge in [-0.25, -0.2) is 8.42 Å². The van der Waals surface area contributed by atoms with Gasteiger partial charge in [0, 0.05) is 24.0 Å². The van der Waals surface area contributed by atoms with Crippen LogP contribution in [0.25, 0.3) is 10.8 Å². The second kappa shape index (κ2) is 8.99. The fourth-order valence-corrected chi connectivity index (χ4v) is 5.63. The van der Waals surface area contributed by atoms with Crippen LogP contribution in [0.5, 0.6) is 0 Å². The summed E-state index contributed by atoms with van der Waals surface area (Å²) >= 11 is 5.93. The third-order valence-electron chi connectivity index (χ3n) is 5.91. The number of halogens is 1. The van der Waals surface area contributed by atoms with Crippen molar-refractivity contribution < 1.29 is 13.2 Å². The molecule has 0 radical (unpaired) electrons. The molecule has 31 heavy (non-hydrogen) atoms. The normalized spacial score (nSPS) is 16.8. The molecule has 3 aromatic carbocycles. The Balaban J connectivity index is 1.39. The number of nitrogens with one attached hydrogen (secondary N) is 1. The van der Waals surface area contributed by atoms with Gasteiger partial charge in [0.25, 0.3) is 0 Å². The molecule has 1 aliphatic rings. The molecule has 3 aromatic rings. The number of sulfonamides is 1. The van der Waals surface area contributed by atoms with E-state index >= 15 is 0 Å². The predicted octanol–water partition coefficient (Wildman–Crippen LogP) is 4.77. The smallest absolute Gasteiger partial charge is 0.243 e. The van der Waals surface area contributed by atoms with Crippen molar-refractivity contribution in [2.24, 2.45) is 5.92 Å². The van der Waals surface area contributed by atoms with E-state index in [1.54, 1.807) is 24.3 Å². The summed E-state index contributed by atoms with van der Waals surface area (Å²) in [5.41, 5.74) is 0.981. The summed E-state index contributed by atoms with van der Waals surface area (Å²) in [4.78, 5) is 13.0. The minimum atomic E-state index is -3.58. The maximum atomic E-state index is 13.1. The van der Waals surface area contributed by atoms with Crippen molar-refractivity contribution in [1.29, 1.82) is 0 Å². The molecule has 4 rings (SSSR count). The summed E-state index contributed by atoms with van der Waals surface area (Å²) in [5.74, 6) is -0.233. The quantitative estimate of drug-likeness (QED) is 0.601. The van der Waals surface area contributed by atoms with Gasteiger partial charge >= 0.3 is 0 Å². The molecule has 1 amide bonds. The molecule has 162 valence electrons. The molecule has 0 aliphatic carbocycles.